The molecule has 0 fully saturated rings. The highest BCUT2D eigenvalue weighted by molar-refractivity contribution is 5.50. The summed E-state index contributed by atoms with van der Waals surface area (Å²) in [7, 11) is 4.86. The first-order valence-electron chi connectivity index (χ1n) is 6.22. The van der Waals surface area contributed by atoms with E-state index >= 15 is 0 Å². The monoisotopic (exact) mass is 274 g/mol. The first-order valence-corrected chi connectivity index (χ1v) is 6.22. The van der Waals surface area contributed by atoms with Gasteiger partial charge in [0.25, 0.3) is 0 Å². The second-order valence-corrected chi connectivity index (χ2v) is 4.08. The summed E-state index contributed by atoms with van der Waals surface area (Å²) in [5.74, 6) is 2.12. The van der Waals surface area contributed by atoms with E-state index < -0.39 is 0 Å². The predicted molar refractivity (Wildman–Crippen MR) is 77.7 cm³/mol. The smallest absolute Gasteiger partial charge is 0.184 e. The SMILES string of the molecule is COc1cccc(NCc2nccc(OC)c2OC)c1. The molecular formula is C15H18N2O3. The van der Waals surface area contributed by atoms with Crippen LogP contribution >= 0.6 is 0 Å². The zero-order chi connectivity index (χ0) is 14.4. The Morgan fingerprint density at radius 3 is 2.60 bits per heavy atom. The third kappa shape index (κ3) is 3.12. The summed E-state index contributed by atoms with van der Waals surface area (Å²) in [6.45, 7) is 0.535. The van der Waals surface area contributed by atoms with Gasteiger partial charge in [0.05, 0.1) is 27.9 Å². The van der Waals surface area contributed by atoms with E-state index in [-0.39, 0.29) is 0 Å². The molecule has 0 saturated carbocycles. The first kappa shape index (κ1) is 14.0. The van der Waals surface area contributed by atoms with Gasteiger partial charge in [-0.15, -0.1) is 0 Å². The van der Waals surface area contributed by atoms with Crippen molar-refractivity contribution in [3.05, 3.63) is 42.2 Å². The fraction of sp³-hybridized carbons (Fsp3) is 0.267. The maximum absolute atomic E-state index is 5.35. The molecule has 20 heavy (non-hydrogen) atoms. The van der Waals surface area contributed by atoms with Crippen molar-refractivity contribution < 1.29 is 14.2 Å². The summed E-state index contributed by atoms with van der Waals surface area (Å²) in [6, 6.07) is 9.49. The van der Waals surface area contributed by atoms with E-state index in [4.69, 9.17) is 14.2 Å². The largest absolute Gasteiger partial charge is 0.497 e. The Morgan fingerprint density at radius 1 is 1.05 bits per heavy atom. The van der Waals surface area contributed by atoms with Crippen LogP contribution in [0.1, 0.15) is 5.69 Å². The highest BCUT2D eigenvalue weighted by Gasteiger charge is 2.10. The van der Waals surface area contributed by atoms with Crippen molar-refractivity contribution in [3.63, 3.8) is 0 Å². The van der Waals surface area contributed by atoms with Crippen LogP contribution in [0.4, 0.5) is 5.69 Å². The fourth-order valence-corrected chi connectivity index (χ4v) is 1.90. The zero-order valence-electron chi connectivity index (χ0n) is 11.8. The van der Waals surface area contributed by atoms with Gasteiger partial charge in [-0.25, -0.2) is 0 Å². The van der Waals surface area contributed by atoms with Gasteiger partial charge < -0.3 is 19.5 Å². The minimum absolute atomic E-state index is 0.535. The summed E-state index contributed by atoms with van der Waals surface area (Å²) < 4.78 is 15.8. The molecule has 0 amide bonds. The van der Waals surface area contributed by atoms with Crippen LogP contribution in [-0.2, 0) is 6.54 Å². The molecule has 0 aliphatic carbocycles. The minimum Gasteiger partial charge on any atom is -0.497 e. The molecule has 0 unspecified atom stereocenters. The number of nitrogens with one attached hydrogen (secondary N) is 1. The van der Waals surface area contributed by atoms with Gasteiger partial charge in [-0.2, -0.15) is 0 Å². The summed E-state index contributed by atoms with van der Waals surface area (Å²) in [4.78, 5) is 4.32. The maximum atomic E-state index is 5.35. The molecule has 1 aromatic carbocycles. The molecule has 106 valence electrons. The number of rotatable bonds is 6. The molecule has 0 atom stereocenters. The number of hydrogen-bond donors (Lipinski definition) is 1. The number of pyridine rings is 1. The molecule has 2 aromatic rings. The number of nitrogens with zero attached hydrogens (tertiary/aromatic N) is 1. The summed E-state index contributed by atoms with van der Waals surface area (Å²) in [5.41, 5.74) is 1.74. The van der Waals surface area contributed by atoms with Crippen LogP contribution in [0.2, 0.25) is 0 Å². The fourth-order valence-electron chi connectivity index (χ4n) is 1.90. The average molecular weight is 274 g/mol. The van der Waals surface area contributed by atoms with Gasteiger partial charge in [-0.05, 0) is 12.1 Å². The Hall–Kier alpha value is -2.43. The van der Waals surface area contributed by atoms with Crippen LogP contribution < -0.4 is 19.5 Å². The van der Waals surface area contributed by atoms with Crippen molar-refractivity contribution in [2.24, 2.45) is 0 Å². The van der Waals surface area contributed by atoms with Crippen LogP contribution in [0, 0.1) is 0 Å². The van der Waals surface area contributed by atoms with Gasteiger partial charge in [0.15, 0.2) is 11.5 Å². The topological polar surface area (TPSA) is 52.6 Å². The molecule has 5 heteroatoms. The lowest BCUT2D eigenvalue weighted by atomic mass is 10.2. The van der Waals surface area contributed by atoms with Crippen molar-refractivity contribution in [3.8, 4) is 17.2 Å². The third-order valence-corrected chi connectivity index (χ3v) is 2.90. The minimum atomic E-state index is 0.535. The molecule has 2 rings (SSSR count). The molecule has 0 spiro atoms. The predicted octanol–water partition coefficient (Wildman–Crippen LogP) is 2.72. The van der Waals surface area contributed by atoms with Crippen molar-refractivity contribution in [1.82, 2.24) is 4.98 Å². The second-order valence-electron chi connectivity index (χ2n) is 4.08. The zero-order valence-corrected chi connectivity index (χ0v) is 11.8. The number of aromatic nitrogens is 1. The first-order chi connectivity index (χ1) is 9.78. The molecule has 5 nitrogen and oxygen atoms in total. The van der Waals surface area contributed by atoms with Gasteiger partial charge >= 0.3 is 0 Å². The van der Waals surface area contributed by atoms with Gasteiger partial charge in [0.2, 0.25) is 0 Å². The second kappa shape index (κ2) is 6.65. The lowest BCUT2D eigenvalue weighted by molar-refractivity contribution is 0.350. The van der Waals surface area contributed by atoms with E-state index in [1.807, 2.05) is 24.3 Å². The van der Waals surface area contributed by atoms with E-state index in [1.54, 1.807) is 33.6 Å². The molecule has 1 aromatic heterocycles. The van der Waals surface area contributed by atoms with Crippen LogP contribution in [0.5, 0.6) is 17.2 Å². The molecule has 0 bridgehead atoms. The van der Waals surface area contributed by atoms with E-state index in [2.05, 4.69) is 10.3 Å². The van der Waals surface area contributed by atoms with Crippen molar-refractivity contribution >= 4 is 5.69 Å². The summed E-state index contributed by atoms with van der Waals surface area (Å²) in [5, 5.41) is 3.28. The van der Waals surface area contributed by atoms with Gasteiger partial charge in [-0.1, -0.05) is 6.07 Å². The Kier molecular flexibility index (Phi) is 4.65. The van der Waals surface area contributed by atoms with Crippen LogP contribution in [0.15, 0.2) is 36.5 Å². The van der Waals surface area contributed by atoms with E-state index in [0.29, 0.717) is 18.0 Å². The average Bonchev–Trinajstić information content (AvgIpc) is 2.52. The summed E-state index contributed by atoms with van der Waals surface area (Å²) in [6.07, 6.45) is 1.70. The lowest BCUT2D eigenvalue weighted by Gasteiger charge is -2.13. The maximum Gasteiger partial charge on any atom is 0.184 e. The Labute approximate surface area is 118 Å². The van der Waals surface area contributed by atoms with Crippen LogP contribution in [0.3, 0.4) is 0 Å². The molecule has 0 aliphatic rings. The van der Waals surface area contributed by atoms with Crippen molar-refractivity contribution in [2.75, 3.05) is 26.6 Å². The van der Waals surface area contributed by atoms with E-state index in [0.717, 1.165) is 17.1 Å². The van der Waals surface area contributed by atoms with Gasteiger partial charge in [-0.3, -0.25) is 4.98 Å². The number of benzene rings is 1. The summed E-state index contributed by atoms with van der Waals surface area (Å²) >= 11 is 0. The molecule has 1 N–H and O–H groups in total. The quantitative estimate of drug-likeness (QED) is 0.877. The molecule has 0 aliphatic heterocycles. The highest BCUT2D eigenvalue weighted by Crippen LogP contribution is 2.29. The Balaban J connectivity index is 2.14. The van der Waals surface area contributed by atoms with E-state index in [9.17, 15) is 0 Å². The van der Waals surface area contributed by atoms with Gasteiger partial charge in [0.1, 0.15) is 11.4 Å². The number of hydrogen-bond acceptors (Lipinski definition) is 5. The highest BCUT2D eigenvalue weighted by atomic mass is 16.5. The van der Waals surface area contributed by atoms with Crippen molar-refractivity contribution in [2.45, 2.75) is 6.54 Å². The normalized spacial score (nSPS) is 9.95. The number of anilines is 1. The third-order valence-electron chi connectivity index (χ3n) is 2.90. The molecule has 0 saturated heterocycles. The molecular weight excluding hydrogens is 256 g/mol. The standard InChI is InChI=1S/C15H18N2O3/c1-18-12-6-4-5-11(9-12)17-10-13-15(20-3)14(19-2)7-8-16-13/h4-9,17H,10H2,1-3H3. The number of ether oxygens (including phenoxy) is 3. The van der Waals surface area contributed by atoms with Crippen LogP contribution in [0.25, 0.3) is 0 Å². The van der Waals surface area contributed by atoms with Crippen molar-refractivity contribution in [1.29, 1.82) is 0 Å². The van der Waals surface area contributed by atoms with Crippen LogP contribution in [-0.4, -0.2) is 26.3 Å². The van der Waals surface area contributed by atoms with Gasteiger partial charge in [0, 0.05) is 24.0 Å². The lowest BCUT2D eigenvalue weighted by Crippen LogP contribution is -2.05. The molecule has 1 heterocycles. The molecule has 0 radical (unpaired) electrons. The number of methoxy groups -OCH3 is 3. The Morgan fingerprint density at radius 2 is 1.90 bits per heavy atom. The Bertz CT molecular complexity index is 573. The van der Waals surface area contributed by atoms with E-state index in [1.165, 1.54) is 0 Å².